The Bertz CT molecular complexity index is 1310. The molecule has 0 aliphatic heterocycles. The van der Waals surface area contributed by atoms with Crippen LogP contribution in [0.15, 0.2) is 39.5 Å². The SMILES string of the molecule is COc1cc(-c2nnc(Cn3c(=O)c(C)nc4ccc(Cl)cc43)o2)cc(OC)c1OC. The van der Waals surface area contributed by atoms with Gasteiger partial charge in [-0.1, -0.05) is 11.6 Å². The van der Waals surface area contributed by atoms with E-state index in [1.165, 1.54) is 25.9 Å². The molecule has 0 spiro atoms. The van der Waals surface area contributed by atoms with Crippen LogP contribution >= 0.6 is 11.6 Å². The summed E-state index contributed by atoms with van der Waals surface area (Å²) in [7, 11) is 4.57. The molecule has 0 unspecified atom stereocenters. The number of ether oxygens (including phenoxy) is 3. The van der Waals surface area contributed by atoms with E-state index in [4.69, 9.17) is 30.2 Å². The minimum atomic E-state index is -0.262. The van der Waals surface area contributed by atoms with E-state index in [2.05, 4.69) is 15.2 Å². The van der Waals surface area contributed by atoms with Crippen molar-refractivity contribution in [3.05, 3.63) is 57.3 Å². The number of benzene rings is 2. The summed E-state index contributed by atoms with van der Waals surface area (Å²) in [6, 6.07) is 8.57. The summed E-state index contributed by atoms with van der Waals surface area (Å²) >= 11 is 6.12. The fourth-order valence-corrected chi connectivity index (χ4v) is 3.44. The van der Waals surface area contributed by atoms with Crippen LogP contribution in [0.3, 0.4) is 0 Å². The Kier molecular flexibility index (Phi) is 5.51. The zero-order valence-electron chi connectivity index (χ0n) is 17.3. The minimum absolute atomic E-state index is 0.0659. The lowest BCUT2D eigenvalue weighted by Gasteiger charge is -2.12. The van der Waals surface area contributed by atoms with E-state index in [0.29, 0.717) is 44.6 Å². The van der Waals surface area contributed by atoms with E-state index in [9.17, 15) is 4.79 Å². The van der Waals surface area contributed by atoms with Gasteiger partial charge in [-0.25, -0.2) is 4.98 Å². The summed E-state index contributed by atoms with van der Waals surface area (Å²) in [5.74, 6) is 1.86. The summed E-state index contributed by atoms with van der Waals surface area (Å²) in [6.07, 6.45) is 0. The molecule has 0 aliphatic carbocycles. The van der Waals surface area contributed by atoms with Crippen LogP contribution < -0.4 is 19.8 Å². The molecular formula is C21H19ClN4O5. The molecule has 0 N–H and O–H groups in total. The zero-order chi connectivity index (χ0) is 22.1. The monoisotopic (exact) mass is 442 g/mol. The van der Waals surface area contributed by atoms with Crippen molar-refractivity contribution >= 4 is 22.6 Å². The number of hydrogen-bond donors (Lipinski definition) is 0. The van der Waals surface area contributed by atoms with Crippen LogP contribution in [0.4, 0.5) is 0 Å². The fourth-order valence-electron chi connectivity index (χ4n) is 3.27. The topological polar surface area (TPSA) is 102 Å². The van der Waals surface area contributed by atoms with Gasteiger partial charge in [-0.3, -0.25) is 9.36 Å². The third kappa shape index (κ3) is 3.79. The van der Waals surface area contributed by atoms with Crippen molar-refractivity contribution in [1.82, 2.24) is 19.7 Å². The molecule has 2 aromatic carbocycles. The lowest BCUT2D eigenvalue weighted by atomic mass is 10.2. The number of hydrogen-bond acceptors (Lipinski definition) is 8. The maximum absolute atomic E-state index is 12.7. The Labute approximate surface area is 182 Å². The first-order valence-electron chi connectivity index (χ1n) is 9.24. The molecule has 0 saturated heterocycles. The second-order valence-corrected chi connectivity index (χ2v) is 7.07. The molecule has 0 saturated carbocycles. The van der Waals surface area contributed by atoms with Crippen LogP contribution in [0.1, 0.15) is 11.6 Å². The highest BCUT2D eigenvalue weighted by molar-refractivity contribution is 6.31. The van der Waals surface area contributed by atoms with Gasteiger partial charge in [0, 0.05) is 10.6 Å². The first kappa shape index (κ1) is 20.7. The molecule has 2 heterocycles. The van der Waals surface area contributed by atoms with Crippen molar-refractivity contribution in [3.63, 3.8) is 0 Å². The van der Waals surface area contributed by atoms with E-state index < -0.39 is 0 Å². The number of aryl methyl sites for hydroxylation is 1. The lowest BCUT2D eigenvalue weighted by Crippen LogP contribution is -2.24. The van der Waals surface area contributed by atoms with Crippen LogP contribution in [0.5, 0.6) is 17.2 Å². The Morgan fingerprint density at radius 2 is 1.74 bits per heavy atom. The molecule has 0 aliphatic rings. The minimum Gasteiger partial charge on any atom is -0.493 e. The summed E-state index contributed by atoms with van der Waals surface area (Å²) in [4.78, 5) is 17.1. The van der Waals surface area contributed by atoms with Gasteiger partial charge in [0.15, 0.2) is 11.5 Å². The Morgan fingerprint density at radius 3 is 2.39 bits per heavy atom. The Balaban J connectivity index is 1.76. The third-order valence-electron chi connectivity index (χ3n) is 4.74. The van der Waals surface area contributed by atoms with Crippen LogP contribution in [0, 0.1) is 6.92 Å². The average Bonchev–Trinajstić information content (AvgIpc) is 3.25. The first-order chi connectivity index (χ1) is 14.9. The van der Waals surface area contributed by atoms with E-state index >= 15 is 0 Å². The normalized spacial score (nSPS) is 11.0. The van der Waals surface area contributed by atoms with Crippen molar-refractivity contribution in [2.24, 2.45) is 0 Å². The summed E-state index contributed by atoms with van der Waals surface area (Å²) < 4.78 is 23.4. The van der Waals surface area contributed by atoms with Crippen molar-refractivity contribution < 1.29 is 18.6 Å². The van der Waals surface area contributed by atoms with Gasteiger partial charge < -0.3 is 18.6 Å². The molecule has 0 radical (unpaired) electrons. The molecule has 31 heavy (non-hydrogen) atoms. The summed E-state index contributed by atoms with van der Waals surface area (Å²) in [5.41, 5.74) is 1.91. The number of halogens is 1. The summed E-state index contributed by atoms with van der Waals surface area (Å²) in [5, 5.41) is 8.71. The molecule has 0 amide bonds. The van der Waals surface area contributed by atoms with Crippen LogP contribution in [-0.4, -0.2) is 41.1 Å². The van der Waals surface area contributed by atoms with Crippen molar-refractivity contribution in [2.75, 3.05) is 21.3 Å². The fraction of sp³-hybridized carbons (Fsp3) is 0.238. The Morgan fingerprint density at radius 1 is 1.03 bits per heavy atom. The van der Waals surface area contributed by atoms with Gasteiger partial charge in [-0.05, 0) is 37.3 Å². The van der Waals surface area contributed by atoms with Gasteiger partial charge in [-0.2, -0.15) is 0 Å². The smallest absolute Gasteiger partial charge is 0.272 e. The maximum Gasteiger partial charge on any atom is 0.272 e. The van der Waals surface area contributed by atoms with E-state index in [1.807, 2.05) is 0 Å². The lowest BCUT2D eigenvalue weighted by molar-refractivity contribution is 0.324. The highest BCUT2D eigenvalue weighted by atomic mass is 35.5. The first-order valence-corrected chi connectivity index (χ1v) is 9.62. The molecule has 0 fully saturated rings. The second kappa shape index (κ2) is 8.27. The average molecular weight is 443 g/mol. The van der Waals surface area contributed by atoms with Gasteiger partial charge in [0.2, 0.25) is 17.5 Å². The van der Waals surface area contributed by atoms with Crippen LogP contribution in [-0.2, 0) is 6.54 Å². The molecule has 0 bridgehead atoms. The number of methoxy groups -OCH3 is 3. The van der Waals surface area contributed by atoms with Crippen molar-refractivity contribution in [2.45, 2.75) is 13.5 Å². The molecule has 2 aromatic heterocycles. The maximum atomic E-state index is 12.7. The standard InChI is InChI=1S/C21H19ClN4O5/c1-11-21(27)26(15-9-13(22)5-6-14(15)23-11)10-18-24-25-20(31-18)12-7-16(28-2)19(30-4)17(8-12)29-3/h5-9H,10H2,1-4H3. The number of nitrogens with zero attached hydrogens (tertiary/aromatic N) is 4. The van der Waals surface area contributed by atoms with Gasteiger partial charge in [0.25, 0.3) is 5.56 Å². The highest BCUT2D eigenvalue weighted by Crippen LogP contribution is 2.40. The van der Waals surface area contributed by atoms with Gasteiger partial charge >= 0.3 is 0 Å². The molecule has 4 rings (SSSR count). The zero-order valence-corrected chi connectivity index (χ0v) is 18.1. The van der Waals surface area contributed by atoms with Gasteiger partial charge in [0.05, 0.1) is 32.4 Å². The predicted octanol–water partition coefficient (Wildman–Crippen LogP) is 3.48. The number of aromatic nitrogens is 4. The van der Waals surface area contributed by atoms with E-state index in [1.54, 1.807) is 37.3 Å². The molecule has 10 heteroatoms. The van der Waals surface area contributed by atoms with Crippen molar-refractivity contribution in [1.29, 1.82) is 0 Å². The molecule has 9 nitrogen and oxygen atoms in total. The van der Waals surface area contributed by atoms with Gasteiger partial charge in [0.1, 0.15) is 12.2 Å². The Hall–Kier alpha value is -3.59. The number of rotatable bonds is 6. The molecular weight excluding hydrogens is 424 g/mol. The second-order valence-electron chi connectivity index (χ2n) is 6.64. The van der Waals surface area contributed by atoms with Gasteiger partial charge in [-0.15, -0.1) is 10.2 Å². The molecule has 0 atom stereocenters. The third-order valence-corrected chi connectivity index (χ3v) is 4.98. The van der Waals surface area contributed by atoms with Crippen molar-refractivity contribution in [3.8, 4) is 28.7 Å². The number of fused-ring (bicyclic) bond motifs is 1. The van der Waals surface area contributed by atoms with Crippen LogP contribution in [0.2, 0.25) is 5.02 Å². The summed E-state index contributed by atoms with van der Waals surface area (Å²) in [6.45, 7) is 1.72. The van der Waals surface area contributed by atoms with E-state index in [-0.39, 0.29) is 23.9 Å². The quantitative estimate of drug-likeness (QED) is 0.447. The predicted molar refractivity (Wildman–Crippen MR) is 114 cm³/mol. The molecule has 160 valence electrons. The molecule has 4 aromatic rings. The van der Waals surface area contributed by atoms with E-state index in [0.717, 1.165) is 0 Å². The largest absolute Gasteiger partial charge is 0.493 e. The van der Waals surface area contributed by atoms with Crippen LogP contribution in [0.25, 0.3) is 22.5 Å². The highest BCUT2D eigenvalue weighted by Gasteiger charge is 2.18.